The van der Waals surface area contributed by atoms with E-state index in [1.807, 2.05) is 12.1 Å². The molecule has 3 heteroatoms. The van der Waals surface area contributed by atoms with Crippen LogP contribution in [-0.2, 0) is 11.2 Å². The van der Waals surface area contributed by atoms with Gasteiger partial charge in [0.25, 0.3) is 0 Å². The lowest BCUT2D eigenvalue weighted by Gasteiger charge is -2.26. The summed E-state index contributed by atoms with van der Waals surface area (Å²) < 4.78 is 10.4. The van der Waals surface area contributed by atoms with Crippen molar-refractivity contribution in [2.75, 3.05) is 20.3 Å². The molecule has 1 heterocycles. The molecule has 1 atom stereocenters. The van der Waals surface area contributed by atoms with Gasteiger partial charge in [-0.2, -0.15) is 0 Å². The lowest BCUT2D eigenvalue weighted by Crippen LogP contribution is -2.43. The number of hydrogen-bond acceptors (Lipinski definition) is 3. The van der Waals surface area contributed by atoms with E-state index in [0.717, 1.165) is 25.3 Å². The fourth-order valence-electron chi connectivity index (χ4n) is 1.89. The molecule has 1 aliphatic rings. The summed E-state index contributed by atoms with van der Waals surface area (Å²) >= 11 is 0. The van der Waals surface area contributed by atoms with Crippen molar-refractivity contribution in [3.63, 3.8) is 0 Å². The van der Waals surface area contributed by atoms with Crippen LogP contribution in [0.25, 0.3) is 0 Å². The molecular formula is C14H21NO2. The van der Waals surface area contributed by atoms with Crippen LogP contribution in [0.5, 0.6) is 5.75 Å². The maximum Gasteiger partial charge on any atom is 0.118 e. The standard InChI is InChI=1S/C14H21NO2/c1-14(2,15-9-13-10-17-13)8-11-4-6-12(16-3)7-5-11/h4-7,13,15H,8-10H2,1-3H3. The summed E-state index contributed by atoms with van der Waals surface area (Å²) in [5.41, 5.74) is 1.42. The van der Waals surface area contributed by atoms with E-state index < -0.39 is 0 Å². The minimum absolute atomic E-state index is 0.0978. The molecule has 1 aromatic rings. The van der Waals surface area contributed by atoms with E-state index in [0.29, 0.717) is 6.10 Å². The maximum atomic E-state index is 5.21. The van der Waals surface area contributed by atoms with Crippen LogP contribution in [0.4, 0.5) is 0 Å². The molecule has 0 spiro atoms. The molecule has 17 heavy (non-hydrogen) atoms. The van der Waals surface area contributed by atoms with Gasteiger partial charge in [0, 0.05) is 12.1 Å². The molecule has 0 amide bonds. The number of methoxy groups -OCH3 is 1. The van der Waals surface area contributed by atoms with Gasteiger partial charge in [0.15, 0.2) is 0 Å². The van der Waals surface area contributed by atoms with Crippen LogP contribution in [0.2, 0.25) is 0 Å². The SMILES string of the molecule is COc1ccc(CC(C)(C)NCC2CO2)cc1. The first-order valence-corrected chi connectivity index (χ1v) is 6.09. The third kappa shape index (κ3) is 4.02. The summed E-state index contributed by atoms with van der Waals surface area (Å²) in [5.74, 6) is 0.908. The molecule has 2 rings (SSSR count). The number of benzene rings is 1. The molecule has 1 fully saturated rings. The molecule has 1 aliphatic heterocycles. The molecule has 0 aromatic heterocycles. The Bertz CT molecular complexity index is 355. The highest BCUT2D eigenvalue weighted by Crippen LogP contribution is 2.17. The third-order valence-electron chi connectivity index (χ3n) is 3.02. The highest BCUT2D eigenvalue weighted by Gasteiger charge is 2.26. The van der Waals surface area contributed by atoms with Crippen LogP contribution < -0.4 is 10.1 Å². The summed E-state index contributed by atoms with van der Waals surface area (Å²) in [5, 5.41) is 3.54. The van der Waals surface area contributed by atoms with Crippen LogP contribution in [0, 0.1) is 0 Å². The van der Waals surface area contributed by atoms with Crippen LogP contribution in [-0.4, -0.2) is 31.9 Å². The van der Waals surface area contributed by atoms with Crippen LogP contribution in [0.3, 0.4) is 0 Å². The van der Waals surface area contributed by atoms with E-state index in [4.69, 9.17) is 9.47 Å². The van der Waals surface area contributed by atoms with Gasteiger partial charge < -0.3 is 14.8 Å². The van der Waals surface area contributed by atoms with Gasteiger partial charge >= 0.3 is 0 Å². The van der Waals surface area contributed by atoms with Crippen LogP contribution in [0.15, 0.2) is 24.3 Å². The quantitative estimate of drug-likeness (QED) is 0.766. The Kier molecular flexibility index (Phi) is 3.69. The van der Waals surface area contributed by atoms with Gasteiger partial charge in [-0.05, 0) is 38.0 Å². The zero-order chi connectivity index (χ0) is 12.3. The molecule has 1 aromatic carbocycles. The van der Waals surface area contributed by atoms with Gasteiger partial charge in [0.2, 0.25) is 0 Å². The molecule has 3 nitrogen and oxygen atoms in total. The maximum absolute atomic E-state index is 5.21. The molecule has 0 bridgehead atoms. The van der Waals surface area contributed by atoms with E-state index in [9.17, 15) is 0 Å². The van der Waals surface area contributed by atoms with Gasteiger partial charge in [-0.25, -0.2) is 0 Å². The predicted molar refractivity (Wildman–Crippen MR) is 68.5 cm³/mol. The fourth-order valence-corrected chi connectivity index (χ4v) is 1.89. The van der Waals surface area contributed by atoms with Crippen molar-refractivity contribution < 1.29 is 9.47 Å². The summed E-state index contributed by atoms with van der Waals surface area (Å²) in [6.07, 6.45) is 1.44. The Labute approximate surface area is 103 Å². The zero-order valence-corrected chi connectivity index (χ0v) is 10.8. The Morgan fingerprint density at radius 2 is 2.00 bits per heavy atom. The molecule has 1 unspecified atom stereocenters. The van der Waals surface area contributed by atoms with Gasteiger partial charge in [-0.15, -0.1) is 0 Å². The van der Waals surface area contributed by atoms with Crippen molar-refractivity contribution >= 4 is 0 Å². The number of ether oxygens (including phenoxy) is 2. The van der Waals surface area contributed by atoms with E-state index in [2.05, 4.69) is 31.3 Å². The van der Waals surface area contributed by atoms with E-state index in [-0.39, 0.29) is 5.54 Å². The molecule has 1 saturated heterocycles. The molecule has 0 saturated carbocycles. The average molecular weight is 235 g/mol. The van der Waals surface area contributed by atoms with Gasteiger partial charge in [0.1, 0.15) is 5.75 Å². The van der Waals surface area contributed by atoms with Crippen molar-refractivity contribution in [3.05, 3.63) is 29.8 Å². The smallest absolute Gasteiger partial charge is 0.118 e. The Morgan fingerprint density at radius 1 is 1.35 bits per heavy atom. The molecular weight excluding hydrogens is 214 g/mol. The summed E-state index contributed by atoms with van der Waals surface area (Å²) in [6, 6.07) is 8.26. The molecule has 94 valence electrons. The first-order valence-electron chi connectivity index (χ1n) is 6.09. The van der Waals surface area contributed by atoms with E-state index >= 15 is 0 Å². The number of rotatable bonds is 6. The molecule has 0 radical (unpaired) electrons. The number of epoxide rings is 1. The summed E-state index contributed by atoms with van der Waals surface area (Å²) in [4.78, 5) is 0. The lowest BCUT2D eigenvalue weighted by atomic mass is 9.95. The van der Waals surface area contributed by atoms with Crippen molar-refractivity contribution in [1.29, 1.82) is 0 Å². The largest absolute Gasteiger partial charge is 0.497 e. The number of nitrogens with one attached hydrogen (secondary N) is 1. The first kappa shape index (κ1) is 12.4. The van der Waals surface area contributed by atoms with Crippen LogP contribution >= 0.6 is 0 Å². The summed E-state index contributed by atoms with van der Waals surface area (Å²) in [7, 11) is 1.69. The Balaban J connectivity index is 1.87. The van der Waals surface area contributed by atoms with E-state index in [1.54, 1.807) is 7.11 Å². The Hall–Kier alpha value is -1.06. The second kappa shape index (κ2) is 5.07. The predicted octanol–water partition coefficient (Wildman–Crippen LogP) is 2.00. The average Bonchev–Trinajstić information content (AvgIpc) is 3.11. The van der Waals surface area contributed by atoms with Gasteiger partial charge in [-0.1, -0.05) is 12.1 Å². The van der Waals surface area contributed by atoms with Crippen molar-refractivity contribution in [2.24, 2.45) is 0 Å². The minimum Gasteiger partial charge on any atom is -0.497 e. The minimum atomic E-state index is 0.0978. The van der Waals surface area contributed by atoms with Gasteiger partial charge in [-0.3, -0.25) is 0 Å². The van der Waals surface area contributed by atoms with Crippen molar-refractivity contribution in [2.45, 2.75) is 31.9 Å². The van der Waals surface area contributed by atoms with Crippen molar-refractivity contribution in [3.8, 4) is 5.75 Å². The normalized spacial score (nSPS) is 19.1. The molecule has 1 N–H and O–H groups in total. The lowest BCUT2D eigenvalue weighted by molar-refractivity contribution is 0.338. The number of hydrogen-bond donors (Lipinski definition) is 1. The monoisotopic (exact) mass is 235 g/mol. The first-order chi connectivity index (χ1) is 8.09. The van der Waals surface area contributed by atoms with E-state index in [1.165, 1.54) is 5.56 Å². The second-order valence-corrected chi connectivity index (χ2v) is 5.24. The van der Waals surface area contributed by atoms with Crippen LogP contribution in [0.1, 0.15) is 19.4 Å². The Morgan fingerprint density at radius 3 is 2.53 bits per heavy atom. The highest BCUT2D eigenvalue weighted by atomic mass is 16.6. The third-order valence-corrected chi connectivity index (χ3v) is 3.02. The topological polar surface area (TPSA) is 33.8 Å². The van der Waals surface area contributed by atoms with Gasteiger partial charge in [0.05, 0.1) is 19.8 Å². The second-order valence-electron chi connectivity index (χ2n) is 5.24. The fraction of sp³-hybridized carbons (Fsp3) is 0.571. The summed E-state index contributed by atoms with van der Waals surface area (Å²) in [6.45, 7) is 6.30. The van der Waals surface area contributed by atoms with Crippen molar-refractivity contribution in [1.82, 2.24) is 5.32 Å². The molecule has 0 aliphatic carbocycles. The highest BCUT2D eigenvalue weighted by molar-refractivity contribution is 5.28. The zero-order valence-electron chi connectivity index (χ0n) is 10.8.